The molecule has 0 aliphatic heterocycles. The molecule has 37 heavy (non-hydrogen) atoms. The number of rotatable bonds is 10. The van der Waals surface area contributed by atoms with Gasteiger partial charge in [-0.15, -0.1) is 0 Å². The minimum Gasteiger partial charge on any atom is -0.352 e. The van der Waals surface area contributed by atoms with E-state index < -0.39 is 34.3 Å². The molecule has 0 bridgehead atoms. The minimum atomic E-state index is -4.18. The fourth-order valence-corrected chi connectivity index (χ4v) is 5.56. The summed E-state index contributed by atoms with van der Waals surface area (Å²) < 4.78 is 42.6. The molecule has 0 saturated heterocycles. The van der Waals surface area contributed by atoms with Gasteiger partial charge in [0.2, 0.25) is 11.8 Å². The van der Waals surface area contributed by atoms with Gasteiger partial charge in [0.05, 0.1) is 10.6 Å². The number of halogens is 2. The second-order valence-corrected chi connectivity index (χ2v) is 11.6. The molecule has 3 aromatic rings. The topological polar surface area (TPSA) is 86.8 Å². The van der Waals surface area contributed by atoms with Crippen molar-refractivity contribution in [1.29, 1.82) is 0 Å². The molecule has 1 atom stereocenters. The Balaban J connectivity index is 2.01. The average Bonchev–Trinajstić information content (AvgIpc) is 2.86. The van der Waals surface area contributed by atoms with E-state index >= 15 is 0 Å². The highest BCUT2D eigenvalue weighted by Gasteiger charge is 2.32. The summed E-state index contributed by atoms with van der Waals surface area (Å²) in [7, 11) is -4.18. The Hall–Kier alpha value is -3.24. The van der Waals surface area contributed by atoms with Crippen molar-refractivity contribution in [1.82, 2.24) is 10.2 Å². The van der Waals surface area contributed by atoms with Gasteiger partial charge < -0.3 is 10.2 Å². The number of nitrogens with zero attached hydrogens (tertiary/aromatic N) is 2. The molecule has 0 saturated carbocycles. The van der Waals surface area contributed by atoms with Gasteiger partial charge in [-0.3, -0.25) is 13.9 Å². The molecule has 0 heterocycles. The first-order valence-electron chi connectivity index (χ1n) is 11.7. The lowest BCUT2D eigenvalue weighted by molar-refractivity contribution is -0.139. The van der Waals surface area contributed by atoms with Crippen LogP contribution in [0.15, 0.2) is 88.2 Å². The molecule has 10 heteroatoms. The molecule has 0 aromatic heterocycles. The highest BCUT2D eigenvalue weighted by Crippen LogP contribution is 2.25. The predicted octanol–water partition coefficient (Wildman–Crippen LogP) is 4.73. The minimum absolute atomic E-state index is 0.0173. The number of hydrogen-bond donors (Lipinski definition) is 1. The Kier molecular flexibility index (Phi) is 9.45. The number of carbonyl (C=O) groups is 2. The molecular weight excluding hydrogens is 561 g/mol. The molecule has 196 valence electrons. The molecule has 3 aromatic carbocycles. The van der Waals surface area contributed by atoms with Crippen LogP contribution in [-0.4, -0.2) is 43.8 Å². The van der Waals surface area contributed by atoms with Gasteiger partial charge in [0.1, 0.15) is 18.4 Å². The number of sulfonamides is 1. The van der Waals surface area contributed by atoms with Gasteiger partial charge >= 0.3 is 0 Å². The summed E-state index contributed by atoms with van der Waals surface area (Å²) in [5, 5.41) is 2.81. The quantitative estimate of drug-likeness (QED) is 0.370. The van der Waals surface area contributed by atoms with Crippen LogP contribution < -0.4 is 9.62 Å². The summed E-state index contributed by atoms with van der Waals surface area (Å²) in [6.45, 7) is 4.72. The van der Waals surface area contributed by atoms with Crippen molar-refractivity contribution < 1.29 is 22.4 Å². The van der Waals surface area contributed by atoms with E-state index in [-0.39, 0.29) is 29.1 Å². The van der Waals surface area contributed by atoms with Crippen molar-refractivity contribution in [3.8, 4) is 0 Å². The van der Waals surface area contributed by atoms with Crippen LogP contribution in [0.1, 0.15) is 26.3 Å². The maximum atomic E-state index is 13.7. The lowest BCUT2D eigenvalue weighted by Crippen LogP contribution is -2.52. The van der Waals surface area contributed by atoms with Crippen LogP contribution >= 0.6 is 15.9 Å². The van der Waals surface area contributed by atoms with Crippen LogP contribution in [0, 0.1) is 5.82 Å². The number of benzene rings is 3. The van der Waals surface area contributed by atoms with Crippen molar-refractivity contribution >= 4 is 43.5 Å². The maximum absolute atomic E-state index is 13.7. The summed E-state index contributed by atoms with van der Waals surface area (Å²) in [6, 6.07) is 18.8. The standard InChI is InChI=1S/C27H29BrFN3O4S/c1-19(2)30-27(34)20(3)31(17-21-8-7-9-22(28)16-21)26(33)18-32(24-14-12-23(29)13-15-24)37(35,36)25-10-5-4-6-11-25/h4-16,19-20H,17-18H2,1-3H3,(H,30,34). The van der Waals surface area contributed by atoms with E-state index in [1.165, 1.54) is 29.2 Å². The zero-order valence-electron chi connectivity index (χ0n) is 20.8. The Morgan fingerprint density at radius 1 is 0.946 bits per heavy atom. The van der Waals surface area contributed by atoms with E-state index in [9.17, 15) is 22.4 Å². The molecule has 0 radical (unpaired) electrons. The second-order valence-electron chi connectivity index (χ2n) is 8.79. The van der Waals surface area contributed by atoms with E-state index in [1.54, 1.807) is 25.1 Å². The summed E-state index contributed by atoms with van der Waals surface area (Å²) in [5.41, 5.74) is 0.881. The monoisotopic (exact) mass is 589 g/mol. The van der Waals surface area contributed by atoms with Crippen LogP contribution in [0.4, 0.5) is 10.1 Å². The van der Waals surface area contributed by atoms with Gasteiger partial charge in [-0.25, -0.2) is 12.8 Å². The molecule has 0 spiro atoms. The Morgan fingerprint density at radius 2 is 1.59 bits per heavy atom. The Bertz CT molecular complexity index is 1340. The van der Waals surface area contributed by atoms with Gasteiger partial charge in [0.15, 0.2) is 0 Å². The number of nitrogens with one attached hydrogen (secondary N) is 1. The third kappa shape index (κ3) is 7.39. The van der Waals surface area contributed by atoms with E-state index in [4.69, 9.17) is 0 Å². The number of amides is 2. The largest absolute Gasteiger partial charge is 0.352 e. The molecular formula is C27H29BrFN3O4S. The molecule has 7 nitrogen and oxygen atoms in total. The highest BCUT2D eigenvalue weighted by molar-refractivity contribution is 9.10. The SMILES string of the molecule is CC(C)NC(=O)C(C)N(Cc1cccc(Br)c1)C(=O)CN(c1ccc(F)cc1)S(=O)(=O)c1ccccc1. The average molecular weight is 591 g/mol. The van der Waals surface area contributed by atoms with Crippen molar-refractivity contribution in [2.45, 2.75) is 44.3 Å². The van der Waals surface area contributed by atoms with Crippen LogP contribution in [0.3, 0.4) is 0 Å². The number of carbonyl (C=O) groups excluding carboxylic acids is 2. The van der Waals surface area contributed by atoms with Crippen molar-refractivity contribution in [3.05, 3.63) is 94.7 Å². The summed E-state index contributed by atoms with van der Waals surface area (Å²) in [4.78, 5) is 28.0. The van der Waals surface area contributed by atoms with Gasteiger partial charge in [-0.05, 0) is 74.9 Å². The summed E-state index contributed by atoms with van der Waals surface area (Å²) >= 11 is 3.42. The van der Waals surface area contributed by atoms with Gasteiger partial charge in [0.25, 0.3) is 10.0 Å². The molecule has 0 fully saturated rings. The molecule has 0 aliphatic rings. The smallest absolute Gasteiger partial charge is 0.264 e. The first-order chi connectivity index (χ1) is 17.5. The van der Waals surface area contributed by atoms with E-state index in [1.807, 2.05) is 38.1 Å². The summed E-state index contributed by atoms with van der Waals surface area (Å²) in [6.07, 6.45) is 0. The maximum Gasteiger partial charge on any atom is 0.264 e. The Labute approximate surface area is 225 Å². The molecule has 1 N–H and O–H groups in total. The highest BCUT2D eigenvalue weighted by atomic mass is 79.9. The van der Waals surface area contributed by atoms with Crippen molar-refractivity contribution in [3.63, 3.8) is 0 Å². The third-order valence-corrected chi connectivity index (χ3v) is 7.85. The number of anilines is 1. The molecule has 1 unspecified atom stereocenters. The number of hydrogen-bond acceptors (Lipinski definition) is 4. The van der Waals surface area contributed by atoms with Crippen LogP contribution in [0.2, 0.25) is 0 Å². The van der Waals surface area contributed by atoms with Gasteiger partial charge in [0, 0.05) is 17.1 Å². The van der Waals surface area contributed by atoms with Crippen LogP contribution in [0.5, 0.6) is 0 Å². The van der Waals surface area contributed by atoms with E-state index in [0.29, 0.717) is 0 Å². The van der Waals surface area contributed by atoms with Crippen LogP contribution in [-0.2, 0) is 26.2 Å². The lowest BCUT2D eigenvalue weighted by atomic mass is 10.1. The third-order valence-electron chi connectivity index (χ3n) is 5.56. The van der Waals surface area contributed by atoms with E-state index in [0.717, 1.165) is 26.5 Å². The lowest BCUT2D eigenvalue weighted by Gasteiger charge is -2.32. The zero-order chi connectivity index (χ0) is 27.2. The van der Waals surface area contributed by atoms with Crippen molar-refractivity contribution in [2.75, 3.05) is 10.8 Å². The van der Waals surface area contributed by atoms with Crippen molar-refractivity contribution in [2.24, 2.45) is 0 Å². The normalized spacial score (nSPS) is 12.2. The Morgan fingerprint density at radius 3 is 2.19 bits per heavy atom. The van der Waals surface area contributed by atoms with Crippen LogP contribution in [0.25, 0.3) is 0 Å². The molecule has 2 amide bonds. The van der Waals surface area contributed by atoms with Gasteiger partial charge in [-0.2, -0.15) is 0 Å². The first-order valence-corrected chi connectivity index (χ1v) is 13.9. The zero-order valence-corrected chi connectivity index (χ0v) is 23.2. The van der Waals surface area contributed by atoms with Gasteiger partial charge in [-0.1, -0.05) is 46.3 Å². The molecule has 0 aliphatic carbocycles. The molecule has 3 rings (SSSR count). The first kappa shape index (κ1) is 28.3. The second kappa shape index (κ2) is 12.3. The fraction of sp³-hybridized carbons (Fsp3) is 0.259. The van der Waals surface area contributed by atoms with E-state index in [2.05, 4.69) is 21.2 Å². The fourth-order valence-electron chi connectivity index (χ4n) is 3.68. The summed E-state index contributed by atoms with van der Waals surface area (Å²) in [5.74, 6) is -1.49. The predicted molar refractivity (Wildman–Crippen MR) is 145 cm³/mol.